The van der Waals surface area contributed by atoms with Crippen LogP contribution in [-0.2, 0) is 16.1 Å². The molecule has 38 heavy (non-hydrogen) atoms. The standard InChI is InChI=1S/C28H23IN2O7/c1-3-37-28(35)20-8-10-22(11-9-20)31-26(32)21(15-30)12-18-13-23(29)25(24(14-18)36-2)38-16-17-4-6-19(7-5-17)27(33)34/h4-14H,3,16H2,1-2H3,(H,31,32)(H,33,34)/b21-12+. The molecule has 0 aliphatic rings. The Labute approximate surface area is 232 Å². The number of nitrogens with zero attached hydrogens (tertiary/aromatic N) is 1. The van der Waals surface area contributed by atoms with E-state index in [-0.39, 0.29) is 24.4 Å². The van der Waals surface area contributed by atoms with Gasteiger partial charge < -0.3 is 24.6 Å². The Kier molecular flexibility index (Phi) is 9.84. The zero-order valence-corrected chi connectivity index (χ0v) is 22.6. The molecule has 0 aliphatic carbocycles. The van der Waals surface area contributed by atoms with E-state index in [1.807, 2.05) is 6.07 Å². The van der Waals surface area contributed by atoms with E-state index >= 15 is 0 Å². The summed E-state index contributed by atoms with van der Waals surface area (Å²) in [4.78, 5) is 35.5. The lowest BCUT2D eigenvalue weighted by molar-refractivity contribution is -0.112. The van der Waals surface area contributed by atoms with Crippen LogP contribution in [0.25, 0.3) is 6.08 Å². The van der Waals surface area contributed by atoms with E-state index in [0.717, 1.165) is 5.56 Å². The number of aromatic carboxylic acids is 1. The number of carbonyl (C=O) groups is 3. The molecule has 0 fully saturated rings. The molecule has 3 aromatic carbocycles. The van der Waals surface area contributed by atoms with E-state index in [9.17, 15) is 19.6 Å². The third-order valence-electron chi connectivity index (χ3n) is 5.17. The van der Waals surface area contributed by atoms with Gasteiger partial charge in [-0.2, -0.15) is 5.26 Å². The van der Waals surface area contributed by atoms with Gasteiger partial charge in [0.15, 0.2) is 11.5 Å². The van der Waals surface area contributed by atoms with Gasteiger partial charge in [-0.15, -0.1) is 0 Å². The number of nitrogens with one attached hydrogen (secondary N) is 1. The molecule has 1 amide bonds. The monoisotopic (exact) mass is 626 g/mol. The van der Waals surface area contributed by atoms with Crippen molar-refractivity contribution in [3.63, 3.8) is 0 Å². The number of carbonyl (C=O) groups excluding carboxylic acids is 2. The molecule has 0 radical (unpaired) electrons. The van der Waals surface area contributed by atoms with Gasteiger partial charge in [-0.3, -0.25) is 4.79 Å². The minimum absolute atomic E-state index is 0.135. The first-order valence-electron chi connectivity index (χ1n) is 11.3. The van der Waals surface area contributed by atoms with Gasteiger partial charge in [0.2, 0.25) is 0 Å². The third kappa shape index (κ3) is 7.33. The number of carboxylic acids is 1. The summed E-state index contributed by atoms with van der Waals surface area (Å²) in [7, 11) is 1.48. The predicted octanol–water partition coefficient (Wildman–Crippen LogP) is 5.30. The Morgan fingerprint density at radius 2 is 1.71 bits per heavy atom. The summed E-state index contributed by atoms with van der Waals surface area (Å²) >= 11 is 2.07. The van der Waals surface area contributed by atoms with Crippen molar-refractivity contribution in [3.8, 4) is 17.6 Å². The first-order valence-corrected chi connectivity index (χ1v) is 12.4. The van der Waals surface area contributed by atoms with E-state index in [2.05, 4.69) is 27.9 Å². The number of amides is 1. The van der Waals surface area contributed by atoms with Crippen LogP contribution >= 0.6 is 22.6 Å². The molecule has 0 atom stereocenters. The Bertz CT molecular complexity index is 1410. The second-order valence-corrected chi connectivity index (χ2v) is 8.91. The van der Waals surface area contributed by atoms with Crippen molar-refractivity contribution in [2.75, 3.05) is 19.0 Å². The molecule has 0 bridgehead atoms. The topological polar surface area (TPSA) is 135 Å². The minimum atomic E-state index is -1.00. The molecule has 9 nitrogen and oxygen atoms in total. The quantitative estimate of drug-likeness (QED) is 0.134. The lowest BCUT2D eigenvalue weighted by Gasteiger charge is -2.14. The molecule has 0 aliphatic heterocycles. The molecule has 194 valence electrons. The highest BCUT2D eigenvalue weighted by atomic mass is 127. The summed E-state index contributed by atoms with van der Waals surface area (Å²) in [5.41, 5.74) is 2.13. The van der Waals surface area contributed by atoms with Crippen molar-refractivity contribution in [1.29, 1.82) is 5.26 Å². The maximum Gasteiger partial charge on any atom is 0.338 e. The minimum Gasteiger partial charge on any atom is -0.493 e. The Balaban J connectivity index is 1.74. The van der Waals surface area contributed by atoms with Crippen molar-refractivity contribution in [2.45, 2.75) is 13.5 Å². The number of ether oxygens (including phenoxy) is 3. The SMILES string of the molecule is CCOC(=O)c1ccc(NC(=O)/C(C#N)=C/c2cc(I)c(OCc3ccc(C(=O)O)cc3)c(OC)c2)cc1. The molecule has 3 aromatic rings. The highest BCUT2D eigenvalue weighted by Gasteiger charge is 2.15. The molecule has 0 saturated heterocycles. The zero-order valence-electron chi connectivity index (χ0n) is 20.5. The average Bonchev–Trinajstić information content (AvgIpc) is 2.91. The highest BCUT2D eigenvalue weighted by molar-refractivity contribution is 14.1. The molecular weight excluding hydrogens is 603 g/mol. The first kappa shape index (κ1) is 28.2. The van der Waals surface area contributed by atoms with Crippen LogP contribution < -0.4 is 14.8 Å². The number of halogens is 1. The summed E-state index contributed by atoms with van der Waals surface area (Å²) in [5, 5.41) is 21.3. The van der Waals surface area contributed by atoms with Gasteiger partial charge in [0.05, 0.1) is 28.4 Å². The molecule has 3 rings (SSSR count). The fourth-order valence-corrected chi connectivity index (χ4v) is 4.06. The molecule has 10 heteroatoms. The summed E-state index contributed by atoms with van der Waals surface area (Å²) in [6.07, 6.45) is 1.43. The second-order valence-electron chi connectivity index (χ2n) is 7.75. The summed E-state index contributed by atoms with van der Waals surface area (Å²) in [6, 6.07) is 17.8. The van der Waals surface area contributed by atoms with Crippen LogP contribution in [0.5, 0.6) is 11.5 Å². The van der Waals surface area contributed by atoms with Crippen molar-refractivity contribution < 1.29 is 33.7 Å². The van der Waals surface area contributed by atoms with E-state index in [0.29, 0.717) is 31.9 Å². The number of methoxy groups -OCH3 is 1. The molecular formula is C28H23IN2O7. The van der Waals surface area contributed by atoms with Crippen molar-refractivity contribution in [2.24, 2.45) is 0 Å². The lowest BCUT2D eigenvalue weighted by atomic mass is 10.1. The van der Waals surface area contributed by atoms with E-state index in [1.54, 1.807) is 43.3 Å². The summed E-state index contributed by atoms with van der Waals surface area (Å²) < 4.78 is 17.0. The third-order valence-corrected chi connectivity index (χ3v) is 5.97. The number of benzene rings is 3. The van der Waals surface area contributed by atoms with Gasteiger partial charge in [-0.1, -0.05) is 12.1 Å². The van der Waals surface area contributed by atoms with Gasteiger partial charge in [0.1, 0.15) is 18.2 Å². The van der Waals surface area contributed by atoms with Crippen LogP contribution in [0.4, 0.5) is 5.69 Å². The first-order chi connectivity index (χ1) is 18.2. The largest absolute Gasteiger partial charge is 0.493 e. The molecule has 0 unspecified atom stereocenters. The van der Waals surface area contributed by atoms with Gasteiger partial charge >= 0.3 is 11.9 Å². The second kappa shape index (κ2) is 13.3. The maximum absolute atomic E-state index is 12.7. The zero-order chi connectivity index (χ0) is 27.7. The average molecular weight is 626 g/mol. The summed E-state index contributed by atoms with van der Waals surface area (Å²) in [5.74, 6) is -1.21. The predicted molar refractivity (Wildman–Crippen MR) is 148 cm³/mol. The molecule has 0 heterocycles. The number of hydrogen-bond donors (Lipinski definition) is 2. The normalized spacial score (nSPS) is 10.7. The van der Waals surface area contributed by atoms with Crippen LogP contribution in [0.15, 0.2) is 66.2 Å². The van der Waals surface area contributed by atoms with Crippen LogP contribution in [-0.4, -0.2) is 36.7 Å². The Hall–Kier alpha value is -4.37. The van der Waals surface area contributed by atoms with Crippen molar-refractivity contribution in [3.05, 3.63) is 92.1 Å². The van der Waals surface area contributed by atoms with Crippen LogP contribution in [0.3, 0.4) is 0 Å². The molecule has 0 aromatic heterocycles. The highest BCUT2D eigenvalue weighted by Crippen LogP contribution is 2.35. The van der Waals surface area contributed by atoms with Gasteiger partial charge in [-0.25, -0.2) is 9.59 Å². The number of anilines is 1. The van der Waals surface area contributed by atoms with E-state index in [1.165, 1.54) is 37.5 Å². The number of carboxylic acid groups (broad SMARTS) is 1. The maximum atomic E-state index is 12.7. The van der Waals surface area contributed by atoms with Crippen LogP contribution in [0.2, 0.25) is 0 Å². The fourth-order valence-electron chi connectivity index (χ4n) is 3.28. The van der Waals surface area contributed by atoms with Gasteiger partial charge in [0.25, 0.3) is 5.91 Å². The molecule has 2 N–H and O–H groups in total. The molecule has 0 saturated carbocycles. The van der Waals surface area contributed by atoms with Crippen molar-refractivity contribution in [1.82, 2.24) is 0 Å². The number of rotatable bonds is 10. The number of esters is 1. The van der Waals surface area contributed by atoms with Gasteiger partial charge in [0, 0.05) is 5.69 Å². The number of nitriles is 1. The van der Waals surface area contributed by atoms with Crippen LogP contribution in [0.1, 0.15) is 38.8 Å². The van der Waals surface area contributed by atoms with E-state index < -0.39 is 17.8 Å². The smallest absolute Gasteiger partial charge is 0.338 e. The Morgan fingerprint density at radius 1 is 1.05 bits per heavy atom. The fraction of sp³-hybridized carbons (Fsp3) is 0.143. The van der Waals surface area contributed by atoms with E-state index in [4.69, 9.17) is 19.3 Å². The van der Waals surface area contributed by atoms with Crippen molar-refractivity contribution >= 4 is 52.2 Å². The lowest BCUT2D eigenvalue weighted by Crippen LogP contribution is -2.13. The Morgan fingerprint density at radius 3 is 2.29 bits per heavy atom. The van der Waals surface area contributed by atoms with Gasteiger partial charge in [-0.05, 0) is 95.2 Å². The number of hydrogen-bond acceptors (Lipinski definition) is 7. The molecule has 0 spiro atoms. The summed E-state index contributed by atoms with van der Waals surface area (Å²) in [6.45, 7) is 2.15. The van der Waals surface area contributed by atoms with Crippen LogP contribution in [0, 0.1) is 14.9 Å².